The molecule has 0 saturated carbocycles. The van der Waals surface area contributed by atoms with E-state index in [0.717, 1.165) is 16.6 Å². The van der Waals surface area contributed by atoms with Crippen molar-refractivity contribution in [3.8, 4) is 0 Å². The molecule has 30 heavy (non-hydrogen) atoms. The van der Waals surface area contributed by atoms with Crippen LogP contribution in [-0.2, 0) is 6.54 Å². The molecule has 0 radical (unpaired) electrons. The minimum Gasteiger partial charge on any atom is -0.314 e. The number of nitrogens with one attached hydrogen (secondary N) is 1. The van der Waals surface area contributed by atoms with Gasteiger partial charge >= 0.3 is 0 Å². The van der Waals surface area contributed by atoms with Crippen LogP contribution in [0.3, 0.4) is 0 Å². The summed E-state index contributed by atoms with van der Waals surface area (Å²) >= 11 is 1.21. The molecular weight excluding hydrogens is 403 g/mol. The van der Waals surface area contributed by atoms with Crippen molar-refractivity contribution in [1.29, 1.82) is 0 Å². The first kappa shape index (κ1) is 18.5. The Bertz CT molecular complexity index is 1310. The molecule has 5 rings (SSSR count). The Morgan fingerprint density at radius 1 is 1.10 bits per heavy atom. The minimum atomic E-state index is -0.474. The van der Waals surface area contributed by atoms with E-state index >= 15 is 0 Å². The van der Waals surface area contributed by atoms with Crippen molar-refractivity contribution in [2.24, 2.45) is 0 Å². The molecule has 4 aromatic rings. The summed E-state index contributed by atoms with van der Waals surface area (Å²) in [5, 5.41) is 3.29. The molecule has 3 heterocycles. The zero-order valence-electron chi connectivity index (χ0n) is 16.1. The highest BCUT2D eigenvalue weighted by molar-refractivity contribution is 7.18. The van der Waals surface area contributed by atoms with Gasteiger partial charge in [0.2, 0.25) is 5.95 Å². The number of thiophene rings is 1. The second-order valence-electron chi connectivity index (χ2n) is 7.10. The third-order valence-electron chi connectivity index (χ3n) is 5.10. The van der Waals surface area contributed by atoms with Gasteiger partial charge in [0, 0.05) is 18.7 Å². The number of halogens is 1. The van der Waals surface area contributed by atoms with Crippen LogP contribution in [0.1, 0.15) is 25.6 Å². The lowest BCUT2D eigenvalue weighted by Crippen LogP contribution is -2.29. The van der Waals surface area contributed by atoms with Gasteiger partial charge in [-0.15, -0.1) is 11.3 Å². The van der Waals surface area contributed by atoms with Gasteiger partial charge in [0.1, 0.15) is 5.82 Å². The lowest BCUT2D eigenvalue weighted by molar-refractivity contribution is 0.0990. The summed E-state index contributed by atoms with van der Waals surface area (Å²) in [4.78, 5) is 32.5. The summed E-state index contributed by atoms with van der Waals surface area (Å²) in [7, 11) is 0. The van der Waals surface area contributed by atoms with Crippen LogP contribution in [0.15, 0.2) is 54.6 Å². The number of imidazole rings is 1. The number of nitrogens with zero attached hydrogens (tertiary/aromatic N) is 3. The highest BCUT2D eigenvalue weighted by atomic mass is 32.1. The summed E-state index contributed by atoms with van der Waals surface area (Å²) < 4.78 is 15.4. The van der Waals surface area contributed by atoms with Crippen molar-refractivity contribution in [2.45, 2.75) is 13.5 Å². The van der Waals surface area contributed by atoms with Crippen LogP contribution >= 0.6 is 11.3 Å². The van der Waals surface area contributed by atoms with Crippen LogP contribution < -0.4 is 10.2 Å². The molecule has 0 aliphatic carbocycles. The van der Waals surface area contributed by atoms with Crippen molar-refractivity contribution in [3.63, 3.8) is 0 Å². The predicted molar refractivity (Wildman–Crippen MR) is 115 cm³/mol. The van der Waals surface area contributed by atoms with Crippen LogP contribution in [-0.4, -0.2) is 27.9 Å². The third kappa shape index (κ3) is 3.05. The fourth-order valence-corrected chi connectivity index (χ4v) is 4.69. The van der Waals surface area contributed by atoms with Gasteiger partial charge in [-0.1, -0.05) is 18.2 Å². The third-order valence-corrected chi connectivity index (χ3v) is 6.24. The van der Waals surface area contributed by atoms with Gasteiger partial charge < -0.3 is 9.88 Å². The summed E-state index contributed by atoms with van der Waals surface area (Å²) in [6.45, 7) is 3.07. The van der Waals surface area contributed by atoms with E-state index in [-0.39, 0.29) is 11.5 Å². The van der Waals surface area contributed by atoms with Crippen molar-refractivity contribution in [2.75, 3.05) is 16.8 Å². The average Bonchev–Trinajstić information content (AvgIpc) is 3.40. The molecule has 0 spiro atoms. The van der Waals surface area contributed by atoms with Crippen molar-refractivity contribution >= 4 is 45.1 Å². The van der Waals surface area contributed by atoms with Gasteiger partial charge in [-0.25, -0.2) is 9.37 Å². The van der Waals surface area contributed by atoms with Crippen LogP contribution in [0.5, 0.6) is 0 Å². The van der Waals surface area contributed by atoms with Crippen LogP contribution in [0.2, 0.25) is 0 Å². The minimum absolute atomic E-state index is 0.141. The van der Waals surface area contributed by atoms with E-state index in [9.17, 15) is 14.0 Å². The Kier molecular flexibility index (Phi) is 4.36. The number of para-hydroxylation sites is 2. The van der Waals surface area contributed by atoms with E-state index in [1.165, 1.54) is 29.5 Å². The predicted octanol–water partition coefficient (Wildman–Crippen LogP) is 4.46. The van der Waals surface area contributed by atoms with Crippen molar-refractivity contribution in [1.82, 2.24) is 9.55 Å². The molecule has 6 nitrogen and oxygen atoms in total. The number of anilines is 2. The van der Waals surface area contributed by atoms with E-state index in [4.69, 9.17) is 0 Å². The van der Waals surface area contributed by atoms with Gasteiger partial charge in [-0.3, -0.25) is 14.5 Å². The zero-order chi connectivity index (χ0) is 20.8. The number of carbonyl (C=O) groups excluding carboxylic acids is 2. The normalized spacial score (nSPS) is 12.9. The number of amides is 2. The van der Waals surface area contributed by atoms with E-state index in [0.29, 0.717) is 28.9 Å². The molecule has 1 aliphatic heterocycles. The second kappa shape index (κ2) is 7.07. The number of rotatable bonds is 3. The Hall–Kier alpha value is -3.52. The molecule has 0 unspecified atom stereocenters. The van der Waals surface area contributed by atoms with E-state index in [1.54, 1.807) is 17.0 Å². The molecule has 150 valence electrons. The van der Waals surface area contributed by atoms with Crippen LogP contribution in [0, 0.1) is 12.7 Å². The first-order valence-corrected chi connectivity index (χ1v) is 10.3. The van der Waals surface area contributed by atoms with Crippen molar-refractivity contribution < 1.29 is 14.0 Å². The fraction of sp³-hybridized carbons (Fsp3) is 0.136. The molecule has 2 amide bonds. The topological polar surface area (TPSA) is 67.2 Å². The Morgan fingerprint density at radius 3 is 2.77 bits per heavy atom. The Morgan fingerprint density at radius 2 is 1.93 bits per heavy atom. The average molecular weight is 420 g/mol. The summed E-state index contributed by atoms with van der Waals surface area (Å²) in [5.74, 6) is -0.396. The number of fused-ring (bicyclic) bond motifs is 3. The summed E-state index contributed by atoms with van der Waals surface area (Å²) in [6, 6.07) is 15.1. The van der Waals surface area contributed by atoms with Gasteiger partial charge in [-0.2, -0.15) is 0 Å². The summed E-state index contributed by atoms with van der Waals surface area (Å²) in [5.41, 5.74) is 2.86. The number of aromatic nitrogens is 2. The maximum absolute atomic E-state index is 13.4. The maximum Gasteiger partial charge on any atom is 0.271 e. The molecule has 0 atom stereocenters. The number of benzene rings is 2. The number of hydrogen-bond donors (Lipinski definition) is 1. The lowest BCUT2D eigenvalue weighted by Gasteiger charge is -2.13. The molecule has 1 aliphatic rings. The SMILES string of the molecule is Cc1cc(NC(=O)c2cccc(F)c2)sc1C(=O)N1CCn2c1nc1ccccc12. The number of aryl methyl sites for hydroxylation is 1. The molecule has 0 saturated heterocycles. The molecule has 2 aromatic carbocycles. The molecule has 0 fully saturated rings. The maximum atomic E-state index is 13.4. The number of carbonyl (C=O) groups is 2. The quantitative estimate of drug-likeness (QED) is 0.532. The molecule has 0 bridgehead atoms. The first-order valence-electron chi connectivity index (χ1n) is 9.46. The van der Waals surface area contributed by atoms with Gasteiger partial charge in [0.25, 0.3) is 11.8 Å². The molecule has 2 aromatic heterocycles. The van der Waals surface area contributed by atoms with Gasteiger partial charge in [0.05, 0.1) is 20.9 Å². The van der Waals surface area contributed by atoms with Gasteiger partial charge in [-0.05, 0) is 48.9 Å². The highest BCUT2D eigenvalue weighted by Crippen LogP contribution is 2.33. The number of hydrogen-bond acceptors (Lipinski definition) is 4. The zero-order valence-corrected chi connectivity index (χ0v) is 16.9. The molecule has 1 N–H and O–H groups in total. The highest BCUT2D eigenvalue weighted by Gasteiger charge is 2.31. The second-order valence-corrected chi connectivity index (χ2v) is 8.15. The Labute approximate surface area is 175 Å². The lowest BCUT2D eigenvalue weighted by atomic mass is 10.2. The van der Waals surface area contributed by atoms with E-state index < -0.39 is 11.7 Å². The van der Waals surface area contributed by atoms with Crippen LogP contribution in [0.25, 0.3) is 11.0 Å². The molecular formula is C22H17FN4O2S. The van der Waals surface area contributed by atoms with Gasteiger partial charge in [0.15, 0.2) is 0 Å². The smallest absolute Gasteiger partial charge is 0.271 e. The van der Waals surface area contributed by atoms with Crippen molar-refractivity contribution in [3.05, 3.63) is 76.4 Å². The standard InChI is InChI=1S/C22H17FN4O2S/c1-13-11-18(25-20(28)14-5-4-6-15(23)12-14)30-19(13)21(29)27-10-9-26-17-8-3-2-7-16(17)24-22(26)27/h2-8,11-12H,9-10H2,1H3,(H,25,28). The largest absolute Gasteiger partial charge is 0.314 e. The first-order chi connectivity index (χ1) is 14.5. The summed E-state index contributed by atoms with van der Waals surface area (Å²) in [6.07, 6.45) is 0. The van der Waals surface area contributed by atoms with E-state index in [2.05, 4.69) is 10.3 Å². The monoisotopic (exact) mass is 420 g/mol. The fourth-order valence-electron chi connectivity index (χ4n) is 3.67. The Balaban J connectivity index is 1.40. The molecule has 8 heteroatoms. The van der Waals surface area contributed by atoms with E-state index in [1.807, 2.05) is 35.8 Å². The van der Waals surface area contributed by atoms with Crippen LogP contribution in [0.4, 0.5) is 15.3 Å².